The SMILES string of the molecule is Cl.NCC(F)(F)CC(O)CO. The number of hydrogen-bond acceptors (Lipinski definition) is 3. The van der Waals surface area contributed by atoms with Crippen LogP contribution in [0.15, 0.2) is 0 Å². The summed E-state index contributed by atoms with van der Waals surface area (Å²) in [5, 5.41) is 16.7. The molecule has 1 atom stereocenters. The van der Waals surface area contributed by atoms with Crippen LogP contribution in [0.25, 0.3) is 0 Å². The van der Waals surface area contributed by atoms with E-state index in [1.807, 2.05) is 0 Å². The predicted octanol–water partition coefficient (Wildman–Crippen LogP) is -0.255. The van der Waals surface area contributed by atoms with E-state index in [-0.39, 0.29) is 12.4 Å². The minimum absolute atomic E-state index is 0. The van der Waals surface area contributed by atoms with Gasteiger partial charge in [-0.05, 0) is 0 Å². The Morgan fingerprint density at radius 2 is 1.91 bits per heavy atom. The Bertz CT molecular complexity index is 104. The maximum Gasteiger partial charge on any atom is 0.262 e. The molecule has 0 aromatic heterocycles. The molecule has 0 aliphatic rings. The second kappa shape index (κ2) is 5.65. The Morgan fingerprint density at radius 1 is 1.45 bits per heavy atom. The highest BCUT2D eigenvalue weighted by molar-refractivity contribution is 5.85. The molecule has 0 aromatic carbocycles. The van der Waals surface area contributed by atoms with Crippen LogP contribution < -0.4 is 5.73 Å². The van der Waals surface area contributed by atoms with Crippen LogP contribution in [0.2, 0.25) is 0 Å². The molecular weight excluding hydrogens is 180 g/mol. The van der Waals surface area contributed by atoms with Gasteiger partial charge in [0.25, 0.3) is 5.92 Å². The molecule has 0 spiro atoms. The summed E-state index contributed by atoms with van der Waals surface area (Å²) in [7, 11) is 0. The van der Waals surface area contributed by atoms with Crippen LogP contribution in [0.3, 0.4) is 0 Å². The summed E-state index contributed by atoms with van der Waals surface area (Å²) in [5.74, 6) is -3.07. The lowest BCUT2D eigenvalue weighted by molar-refractivity contribution is -0.0482. The van der Waals surface area contributed by atoms with Crippen molar-refractivity contribution in [2.24, 2.45) is 5.73 Å². The van der Waals surface area contributed by atoms with E-state index < -0.39 is 31.6 Å². The molecule has 0 heterocycles. The average molecular weight is 192 g/mol. The minimum atomic E-state index is -3.07. The molecule has 11 heavy (non-hydrogen) atoms. The topological polar surface area (TPSA) is 66.5 Å². The van der Waals surface area contributed by atoms with E-state index in [1.54, 1.807) is 0 Å². The lowest BCUT2D eigenvalue weighted by Crippen LogP contribution is -2.33. The molecule has 0 rings (SSSR count). The van der Waals surface area contributed by atoms with Gasteiger partial charge in [-0.15, -0.1) is 12.4 Å². The van der Waals surface area contributed by atoms with Gasteiger partial charge >= 0.3 is 0 Å². The standard InChI is InChI=1S/C5H11F2NO2.ClH/c6-5(7,3-8)1-4(10)2-9;/h4,9-10H,1-3,8H2;1H. The van der Waals surface area contributed by atoms with E-state index in [4.69, 9.17) is 10.2 Å². The molecule has 0 fully saturated rings. The molecule has 0 radical (unpaired) electrons. The van der Waals surface area contributed by atoms with Gasteiger partial charge in [0.1, 0.15) is 0 Å². The third-order valence-corrected chi connectivity index (χ3v) is 1.04. The summed E-state index contributed by atoms with van der Waals surface area (Å²) in [4.78, 5) is 0. The number of hydrogen-bond donors (Lipinski definition) is 3. The fourth-order valence-corrected chi connectivity index (χ4v) is 0.493. The molecule has 1 unspecified atom stereocenters. The fourth-order valence-electron chi connectivity index (χ4n) is 0.493. The van der Waals surface area contributed by atoms with Gasteiger partial charge in [0.2, 0.25) is 0 Å². The first-order chi connectivity index (χ1) is 4.52. The number of rotatable bonds is 4. The van der Waals surface area contributed by atoms with Crippen molar-refractivity contribution in [1.82, 2.24) is 0 Å². The van der Waals surface area contributed by atoms with Gasteiger partial charge in [-0.1, -0.05) is 0 Å². The molecule has 0 saturated carbocycles. The van der Waals surface area contributed by atoms with E-state index in [0.717, 1.165) is 0 Å². The van der Waals surface area contributed by atoms with Crippen molar-refractivity contribution in [1.29, 1.82) is 0 Å². The van der Waals surface area contributed by atoms with Gasteiger partial charge in [-0.3, -0.25) is 0 Å². The highest BCUT2D eigenvalue weighted by Crippen LogP contribution is 2.17. The van der Waals surface area contributed by atoms with Crippen LogP contribution >= 0.6 is 12.4 Å². The number of halogens is 3. The van der Waals surface area contributed by atoms with Crippen LogP contribution in [0.4, 0.5) is 8.78 Å². The molecular formula is C5H12ClF2NO2. The summed E-state index contributed by atoms with van der Waals surface area (Å²) in [6.45, 7) is -1.46. The first-order valence-corrected chi connectivity index (χ1v) is 2.88. The van der Waals surface area contributed by atoms with E-state index in [2.05, 4.69) is 5.73 Å². The molecule has 0 aromatic rings. The first-order valence-electron chi connectivity index (χ1n) is 2.88. The third-order valence-electron chi connectivity index (χ3n) is 1.04. The third kappa shape index (κ3) is 6.43. The number of aliphatic hydroxyl groups is 2. The van der Waals surface area contributed by atoms with E-state index in [0.29, 0.717) is 0 Å². The van der Waals surface area contributed by atoms with Gasteiger partial charge in [0.15, 0.2) is 0 Å². The van der Waals surface area contributed by atoms with Gasteiger partial charge in [0, 0.05) is 6.42 Å². The Labute approximate surface area is 69.6 Å². The number of aliphatic hydroxyl groups excluding tert-OH is 2. The molecule has 0 aliphatic carbocycles. The van der Waals surface area contributed by atoms with Crippen LogP contribution in [0, 0.1) is 0 Å². The zero-order valence-corrected chi connectivity index (χ0v) is 6.65. The van der Waals surface area contributed by atoms with Gasteiger partial charge in [0.05, 0.1) is 19.3 Å². The zero-order chi connectivity index (χ0) is 8.20. The monoisotopic (exact) mass is 191 g/mol. The van der Waals surface area contributed by atoms with Crippen molar-refractivity contribution in [2.45, 2.75) is 18.4 Å². The van der Waals surface area contributed by atoms with Crippen molar-refractivity contribution >= 4 is 12.4 Å². The Kier molecular flexibility index (Phi) is 6.99. The Hall–Kier alpha value is 0.0300. The molecule has 70 valence electrons. The van der Waals surface area contributed by atoms with Gasteiger partial charge in [-0.25, -0.2) is 8.78 Å². The summed E-state index contributed by atoms with van der Waals surface area (Å²) in [5.41, 5.74) is 4.67. The van der Waals surface area contributed by atoms with Gasteiger partial charge < -0.3 is 15.9 Å². The van der Waals surface area contributed by atoms with E-state index in [9.17, 15) is 8.78 Å². The number of alkyl halides is 2. The van der Waals surface area contributed by atoms with Crippen molar-refractivity contribution < 1.29 is 19.0 Å². The Balaban J connectivity index is 0. The zero-order valence-electron chi connectivity index (χ0n) is 5.83. The van der Waals surface area contributed by atoms with Crippen LogP contribution in [0.1, 0.15) is 6.42 Å². The van der Waals surface area contributed by atoms with E-state index in [1.165, 1.54) is 0 Å². The molecule has 0 saturated heterocycles. The normalized spacial score (nSPS) is 13.9. The van der Waals surface area contributed by atoms with Crippen molar-refractivity contribution in [3.05, 3.63) is 0 Å². The fraction of sp³-hybridized carbons (Fsp3) is 1.00. The number of nitrogens with two attached hydrogens (primary N) is 1. The smallest absolute Gasteiger partial charge is 0.262 e. The largest absolute Gasteiger partial charge is 0.394 e. The van der Waals surface area contributed by atoms with Gasteiger partial charge in [-0.2, -0.15) is 0 Å². The first kappa shape index (κ1) is 13.6. The molecule has 0 bridgehead atoms. The average Bonchev–Trinajstić information content (AvgIpc) is 1.87. The molecule has 6 heteroatoms. The molecule has 4 N–H and O–H groups in total. The van der Waals surface area contributed by atoms with Crippen molar-refractivity contribution in [3.8, 4) is 0 Å². The summed E-state index contributed by atoms with van der Waals surface area (Å²) in [6, 6.07) is 0. The minimum Gasteiger partial charge on any atom is -0.394 e. The second-order valence-electron chi connectivity index (χ2n) is 2.10. The predicted molar refractivity (Wildman–Crippen MR) is 39.0 cm³/mol. The van der Waals surface area contributed by atoms with Crippen LogP contribution in [0.5, 0.6) is 0 Å². The van der Waals surface area contributed by atoms with Crippen LogP contribution in [-0.2, 0) is 0 Å². The summed E-state index contributed by atoms with van der Waals surface area (Å²) in [6.07, 6.45) is -2.15. The maximum atomic E-state index is 12.2. The lowest BCUT2D eigenvalue weighted by atomic mass is 10.1. The highest BCUT2D eigenvalue weighted by Gasteiger charge is 2.29. The maximum absolute atomic E-state index is 12.2. The van der Waals surface area contributed by atoms with Crippen molar-refractivity contribution in [2.75, 3.05) is 13.2 Å². The molecule has 0 amide bonds. The van der Waals surface area contributed by atoms with E-state index >= 15 is 0 Å². The van der Waals surface area contributed by atoms with Crippen molar-refractivity contribution in [3.63, 3.8) is 0 Å². The molecule has 0 aliphatic heterocycles. The second-order valence-corrected chi connectivity index (χ2v) is 2.10. The Morgan fingerprint density at radius 3 is 2.18 bits per heavy atom. The highest BCUT2D eigenvalue weighted by atomic mass is 35.5. The molecule has 3 nitrogen and oxygen atoms in total. The summed E-state index contributed by atoms with van der Waals surface area (Å²) < 4.78 is 24.4. The quantitative estimate of drug-likeness (QED) is 0.574. The lowest BCUT2D eigenvalue weighted by Gasteiger charge is -2.15. The summed E-state index contributed by atoms with van der Waals surface area (Å²) >= 11 is 0. The van der Waals surface area contributed by atoms with Crippen LogP contribution in [-0.4, -0.2) is 35.4 Å².